The molecule has 0 bridgehead atoms. The number of hydrogen-bond acceptors (Lipinski definition) is 3. The maximum absolute atomic E-state index is 12.0. The van der Waals surface area contributed by atoms with Crippen LogP contribution in [-0.2, 0) is 0 Å². The lowest BCUT2D eigenvalue weighted by molar-refractivity contribution is 0.925. The van der Waals surface area contributed by atoms with Crippen LogP contribution < -0.4 is 11.2 Å². The highest BCUT2D eigenvalue weighted by atomic mass is 127. The predicted molar refractivity (Wildman–Crippen MR) is 80.7 cm³/mol. The van der Waals surface area contributed by atoms with Crippen molar-refractivity contribution < 1.29 is 0 Å². The van der Waals surface area contributed by atoms with Gasteiger partial charge in [-0.05, 0) is 52.9 Å². The second-order valence-electron chi connectivity index (χ2n) is 3.95. The van der Waals surface area contributed by atoms with Crippen molar-refractivity contribution in [3.63, 3.8) is 0 Å². The molecular weight excluding hydrogens is 357 g/mol. The first-order chi connectivity index (χ1) is 9.16. The summed E-state index contributed by atoms with van der Waals surface area (Å²) in [6, 6.07) is 10.7. The van der Waals surface area contributed by atoms with Gasteiger partial charge in [-0.25, -0.2) is 14.3 Å². The molecule has 19 heavy (non-hydrogen) atoms. The second kappa shape index (κ2) is 4.61. The SMILES string of the molecule is O=c1[nH]c(=O)n(-c2cccc(I)c2)c2ncccc12. The van der Waals surface area contributed by atoms with Gasteiger partial charge in [-0.15, -0.1) is 0 Å². The topological polar surface area (TPSA) is 67.8 Å². The van der Waals surface area contributed by atoms with Gasteiger partial charge in [0.2, 0.25) is 0 Å². The number of aromatic nitrogens is 3. The van der Waals surface area contributed by atoms with Crippen molar-refractivity contribution in [3.05, 3.63) is 67.0 Å². The van der Waals surface area contributed by atoms with E-state index < -0.39 is 11.2 Å². The van der Waals surface area contributed by atoms with Crippen LogP contribution in [0.3, 0.4) is 0 Å². The molecule has 0 saturated heterocycles. The van der Waals surface area contributed by atoms with E-state index in [4.69, 9.17) is 0 Å². The summed E-state index contributed by atoms with van der Waals surface area (Å²) in [6.45, 7) is 0. The van der Waals surface area contributed by atoms with Crippen LogP contribution in [0.2, 0.25) is 0 Å². The molecule has 94 valence electrons. The Balaban J connectivity index is 2.48. The molecule has 0 amide bonds. The molecule has 0 aliphatic carbocycles. The van der Waals surface area contributed by atoms with Crippen molar-refractivity contribution in [3.8, 4) is 5.69 Å². The fourth-order valence-corrected chi connectivity index (χ4v) is 2.45. The van der Waals surface area contributed by atoms with Crippen molar-refractivity contribution in [1.29, 1.82) is 0 Å². The Labute approximate surface area is 121 Å². The third-order valence-corrected chi connectivity index (χ3v) is 3.40. The fraction of sp³-hybridized carbons (Fsp3) is 0. The Kier molecular flexibility index (Phi) is 2.94. The van der Waals surface area contributed by atoms with Gasteiger partial charge in [0, 0.05) is 9.77 Å². The summed E-state index contributed by atoms with van der Waals surface area (Å²) in [5.41, 5.74) is 0.128. The molecule has 0 spiro atoms. The van der Waals surface area contributed by atoms with Crippen molar-refractivity contribution in [2.24, 2.45) is 0 Å². The summed E-state index contributed by atoms with van der Waals surface area (Å²) >= 11 is 2.17. The van der Waals surface area contributed by atoms with Crippen molar-refractivity contribution in [2.75, 3.05) is 0 Å². The third-order valence-electron chi connectivity index (χ3n) is 2.73. The Morgan fingerprint density at radius 1 is 1.16 bits per heavy atom. The highest BCUT2D eigenvalue weighted by Crippen LogP contribution is 2.14. The molecule has 5 nitrogen and oxygen atoms in total. The van der Waals surface area contributed by atoms with E-state index in [1.807, 2.05) is 18.2 Å². The average Bonchev–Trinajstić information content (AvgIpc) is 2.39. The lowest BCUT2D eigenvalue weighted by atomic mass is 10.3. The molecule has 3 aromatic rings. The van der Waals surface area contributed by atoms with Gasteiger partial charge in [-0.1, -0.05) is 6.07 Å². The zero-order valence-corrected chi connectivity index (χ0v) is 11.8. The number of pyridine rings is 1. The van der Waals surface area contributed by atoms with E-state index in [1.54, 1.807) is 24.4 Å². The number of halogens is 1. The molecule has 6 heteroatoms. The summed E-state index contributed by atoms with van der Waals surface area (Å²) in [5.74, 6) is 0. The summed E-state index contributed by atoms with van der Waals surface area (Å²) in [6.07, 6.45) is 1.56. The van der Waals surface area contributed by atoms with E-state index in [2.05, 4.69) is 32.6 Å². The van der Waals surface area contributed by atoms with Gasteiger partial charge in [0.25, 0.3) is 5.56 Å². The van der Waals surface area contributed by atoms with E-state index in [1.165, 1.54) is 4.57 Å². The van der Waals surface area contributed by atoms with Crippen LogP contribution in [0.15, 0.2) is 52.2 Å². The van der Waals surface area contributed by atoms with Gasteiger partial charge in [-0.2, -0.15) is 0 Å². The summed E-state index contributed by atoms with van der Waals surface area (Å²) in [5, 5.41) is 0.390. The summed E-state index contributed by atoms with van der Waals surface area (Å²) < 4.78 is 2.40. The number of rotatable bonds is 1. The quantitative estimate of drug-likeness (QED) is 0.668. The monoisotopic (exact) mass is 365 g/mol. The molecule has 0 saturated carbocycles. The second-order valence-corrected chi connectivity index (χ2v) is 5.19. The van der Waals surface area contributed by atoms with Crippen LogP contribution in [0, 0.1) is 3.57 Å². The lowest BCUT2D eigenvalue weighted by Crippen LogP contribution is -2.29. The normalized spacial score (nSPS) is 10.8. The lowest BCUT2D eigenvalue weighted by Gasteiger charge is -2.08. The number of H-pyrrole nitrogens is 1. The number of nitrogens with zero attached hydrogens (tertiary/aromatic N) is 2. The number of hydrogen-bond donors (Lipinski definition) is 1. The van der Waals surface area contributed by atoms with Gasteiger partial charge >= 0.3 is 5.69 Å². The first-order valence-electron chi connectivity index (χ1n) is 5.53. The molecule has 0 unspecified atom stereocenters. The van der Waals surface area contributed by atoms with Crippen LogP contribution >= 0.6 is 22.6 Å². The molecule has 0 atom stereocenters. The highest BCUT2D eigenvalue weighted by molar-refractivity contribution is 14.1. The minimum absolute atomic E-state index is 0.359. The molecular formula is C13H8IN3O2. The van der Waals surface area contributed by atoms with Gasteiger partial charge in [0.1, 0.15) is 0 Å². The smallest absolute Gasteiger partial charge is 0.273 e. The van der Waals surface area contributed by atoms with E-state index >= 15 is 0 Å². The van der Waals surface area contributed by atoms with Crippen LogP contribution in [0.1, 0.15) is 0 Å². The van der Waals surface area contributed by atoms with E-state index in [0.717, 1.165) is 3.57 Å². The van der Waals surface area contributed by atoms with E-state index in [0.29, 0.717) is 16.7 Å². The van der Waals surface area contributed by atoms with Crippen molar-refractivity contribution in [1.82, 2.24) is 14.5 Å². The summed E-state index contributed by atoms with van der Waals surface area (Å²) in [4.78, 5) is 30.2. The van der Waals surface area contributed by atoms with Gasteiger partial charge in [-0.3, -0.25) is 9.78 Å². The van der Waals surface area contributed by atoms with Crippen LogP contribution in [0.25, 0.3) is 16.7 Å². The van der Waals surface area contributed by atoms with Crippen LogP contribution in [0.5, 0.6) is 0 Å². The average molecular weight is 365 g/mol. The van der Waals surface area contributed by atoms with E-state index in [9.17, 15) is 9.59 Å². The van der Waals surface area contributed by atoms with Gasteiger partial charge in [0.05, 0.1) is 11.1 Å². The number of nitrogens with one attached hydrogen (secondary N) is 1. The Morgan fingerprint density at radius 2 is 2.00 bits per heavy atom. The minimum Gasteiger partial charge on any atom is -0.273 e. The molecule has 0 aliphatic rings. The van der Waals surface area contributed by atoms with Gasteiger partial charge < -0.3 is 0 Å². The molecule has 0 aliphatic heterocycles. The zero-order valence-electron chi connectivity index (χ0n) is 9.63. The number of benzene rings is 1. The van der Waals surface area contributed by atoms with Crippen molar-refractivity contribution in [2.45, 2.75) is 0 Å². The molecule has 0 radical (unpaired) electrons. The molecule has 2 aromatic heterocycles. The summed E-state index contributed by atoms with van der Waals surface area (Å²) in [7, 11) is 0. The third kappa shape index (κ3) is 2.07. The van der Waals surface area contributed by atoms with Crippen LogP contribution in [-0.4, -0.2) is 14.5 Å². The maximum atomic E-state index is 12.0. The number of aromatic amines is 1. The molecule has 2 heterocycles. The largest absolute Gasteiger partial charge is 0.334 e. The Bertz CT molecular complexity index is 883. The number of fused-ring (bicyclic) bond motifs is 1. The van der Waals surface area contributed by atoms with E-state index in [-0.39, 0.29) is 0 Å². The molecule has 1 N–H and O–H groups in total. The fourth-order valence-electron chi connectivity index (χ4n) is 1.92. The Hall–Kier alpha value is -1.96. The first kappa shape index (κ1) is 12.1. The van der Waals surface area contributed by atoms with Crippen LogP contribution in [0.4, 0.5) is 0 Å². The standard InChI is InChI=1S/C13H8IN3O2/c14-8-3-1-4-9(7-8)17-11-10(5-2-6-15-11)12(18)16-13(17)19/h1-7H,(H,16,18,19). The highest BCUT2D eigenvalue weighted by Gasteiger charge is 2.09. The molecule has 1 aromatic carbocycles. The van der Waals surface area contributed by atoms with Gasteiger partial charge in [0.15, 0.2) is 5.65 Å². The maximum Gasteiger partial charge on any atom is 0.334 e. The predicted octanol–water partition coefficient (Wildman–Crippen LogP) is 1.68. The molecule has 3 rings (SSSR count). The minimum atomic E-state index is -0.488. The zero-order chi connectivity index (χ0) is 13.4. The molecule has 0 fully saturated rings. The Morgan fingerprint density at radius 3 is 2.79 bits per heavy atom. The van der Waals surface area contributed by atoms with Crippen molar-refractivity contribution >= 4 is 33.6 Å². The first-order valence-corrected chi connectivity index (χ1v) is 6.61.